The van der Waals surface area contributed by atoms with Gasteiger partial charge in [-0.15, -0.1) is 0 Å². The molecule has 0 aliphatic carbocycles. The summed E-state index contributed by atoms with van der Waals surface area (Å²) in [6.45, 7) is 3.25. The molecule has 2 rings (SSSR count). The van der Waals surface area contributed by atoms with Crippen LogP contribution in [0, 0.1) is 6.92 Å². The molecule has 2 heterocycles. The van der Waals surface area contributed by atoms with Gasteiger partial charge in [-0.05, 0) is 14.0 Å². The van der Waals surface area contributed by atoms with Gasteiger partial charge in [0.05, 0.1) is 16.3 Å². The van der Waals surface area contributed by atoms with Crippen LogP contribution in [0.3, 0.4) is 0 Å². The van der Waals surface area contributed by atoms with Gasteiger partial charge in [-0.1, -0.05) is 11.6 Å². The number of carboxylic acids is 1. The molecule has 0 fully saturated rings. The van der Waals surface area contributed by atoms with E-state index in [0.29, 0.717) is 12.2 Å². The van der Waals surface area contributed by atoms with Crippen molar-refractivity contribution < 1.29 is 9.90 Å². The molecule has 1 aromatic rings. The van der Waals surface area contributed by atoms with Crippen molar-refractivity contribution in [3.05, 3.63) is 27.5 Å². The average molecular weight is 241 g/mol. The van der Waals surface area contributed by atoms with Crippen LogP contribution >= 0.6 is 11.6 Å². The maximum absolute atomic E-state index is 11.2. The number of likely N-dealkylation sites (N-methyl/N-ethyl adjacent to an activating group) is 1. The monoisotopic (exact) mass is 240 g/mol. The first-order valence-corrected chi connectivity index (χ1v) is 5.48. The van der Waals surface area contributed by atoms with Crippen LogP contribution in [0.15, 0.2) is 0 Å². The zero-order chi connectivity index (χ0) is 11.9. The third kappa shape index (κ3) is 1.79. The van der Waals surface area contributed by atoms with Crippen molar-refractivity contribution in [2.75, 3.05) is 13.6 Å². The summed E-state index contributed by atoms with van der Waals surface area (Å²) >= 11 is 6.01. The number of hydrogen-bond acceptors (Lipinski definition) is 3. The summed E-state index contributed by atoms with van der Waals surface area (Å²) in [6.07, 6.45) is 0.782. The van der Waals surface area contributed by atoms with Gasteiger partial charge in [0.1, 0.15) is 0 Å². The summed E-state index contributed by atoms with van der Waals surface area (Å²) in [5.41, 5.74) is 2.45. The van der Waals surface area contributed by atoms with Gasteiger partial charge in [0, 0.05) is 30.8 Å². The van der Waals surface area contributed by atoms with E-state index in [1.807, 2.05) is 7.05 Å². The van der Waals surface area contributed by atoms with E-state index in [4.69, 9.17) is 11.6 Å². The first-order valence-electron chi connectivity index (χ1n) is 5.10. The largest absolute Gasteiger partial charge is 0.478 e. The predicted molar refractivity (Wildman–Crippen MR) is 61.0 cm³/mol. The Morgan fingerprint density at radius 2 is 2.25 bits per heavy atom. The van der Waals surface area contributed by atoms with Crippen LogP contribution in [0.4, 0.5) is 0 Å². The minimum Gasteiger partial charge on any atom is -0.478 e. The highest BCUT2D eigenvalue weighted by Gasteiger charge is 2.25. The smallest absolute Gasteiger partial charge is 0.337 e. The molecule has 0 radical (unpaired) electrons. The quantitative estimate of drug-likeness (QED) is 0.812. The van der Waals surface area contributed by atoms with Crippen LogP contribution in [0.25, 0.3) is 0 Å². The Labute approximate surface area is 98.9 Å². The van der Waals surface area contributed by atoms with E-state index in [1.165, 1.54) is 0 Å². The molecule has 0 amide bonds. The van der Waals surface area contributed by atoms with Crippen LogP contribution in [0.2, 0.25) is 5.02 Å². The maximum Gasteiger partial charge on any atom is 0.337 e. The van der Waals surface area contributed by atoms with Crippen molar-refractivity contribution in [3.63, 3.8) is 0 Å². The summed E-state index contributed by atoms with van der Waals surface area (Å²) in [6, 6.07) is 0. The lowest BCUT2D eigenvalue weighted by atomic mass is 9.99. The Bertz CT molecular complexity index is 460. The van der Waals surface area contributed by atoms with Gasteiger partial charge >= 0.3 is 5.97 Å². The molecule has 1 aliphatic rings. The normalized spacial score (nSPS) is 15.9. The molecule has 0 bridgehead atoms. The SMILES string of the molecule is Cc1nc2c(c(C(=O)O)c1Cl)CN(C)CC2. The second kappa shape index (κ2) is 4.03. The second-order valence-corrected chi connectivity index (χ2v) is 4.48. The van der Waals surface area contributed by atoms with Crippen LogP contribution in [0.1, 0.15) is 27.3 Å². The van der Waals surface area contributed by atoms with E-state index >= 15 is 0 Å². The number of carboxylic acid groups (broad SMARTS) is 1. The fraction of sp³-hybridized carbons (Fsp3) is 0.455. The van der Waals surface area contributed by atoms with E-state index in [1.54, 1.807) is 6.92 Å². The van der Waals surface area contributed by atoms with Crippen molar-refractivity contribution in [2.45, 2.75) is 19.9 Å². The number of aromatic carboxylic acids is 1. The lowest BCUT2D eigenvalue weighted by molar-refractivity contribution is 0.0694. The molecule has 0 atom stereocenters. The number of pyridine rings is 1. The van der Waals surface area contributed by atoms with E-state index in [2.05, 4.69) is 9.88 Å². The molecule has 0 saturated heterocycles. The topological polar surface area (TPSA) is 53.4 Å². The van der Waals surface area contributed by atoms with Gasteiger partial charge in [-0.25, -0.2) is 4.79 Å². The predicted octanol–water partition coefficient (Wildman–Crippen LogP) is 1.73. The molecule has 1 aromatic heterocycles. The molecule has 4 nitrogen and oxygen atoms in total. The number of aromatic nitrogens is 1. The van der Waals surface area contributed by atoms with Crippen molar-refractivity contribution in [1.82, 2.24) is 9.88 Å². The Morgan fingerprint density at radius 3 is 2.88 bits per heavy atom. The second-order valence-electron chi connectivity index (χ2n) is 4.10. The van der Waals surface area contributed by atoms with Gasteiger partial charge in [0.25, 0.3) is 0 Å². The van der Waals surface area contributed by atoms with Crippen LogP contribution in [-0.4, -0.2) is 34.6 Å². The number of fused-ring (bicyclic) bond motifs is 1. The highest BCUT2D eigenvalue weighted by molar-refractivity contribution is 6.34. The fourth-order valence-corrected chi connectivity index (χ4v) is 2.26. The Hall–Kier alpha value is -1.13. The van der Waals surface area contributed by atoms with E-state index in [-0.39, 0.29) is 10.6 Å². The minimum atomic E-state index is -0.970. The van der Waals surface area contributed by atoms with Gasteiger partial charge in [-0.3, -0.25) is 4.98 Å². The van der Waals surface area contributed by atoms with Crippen LogP contribution in [0.5, 0.6) is 0 Å². The standard InChI is InChI=1S/C11H13ClN2O2/c1-6-10(12)9(11(15)16)7-5-14(2)4-3-8(7)13-6/h3-5H2,1-2H3,(H,15,16). The number of halogens is 1. The number of carbonyl (C=O) groups is 1. The summed E-state index contributed by atoms with van der Waals surface area (Å²) in [4.78, 5) is 17.7. The lowest BCUT2D eigenvalue weighted by Crippen LogP contribution is -2.29. The van der Waals surface area contributed by atoms with E-state index in [0.717, 1.165) is 24.2 Å². The number of nitrogens with zero attached hydrogens (tertiary/aromatic N) is 2. The number of hydrogen-bond donors (Lipinski definition) is 1. The lowest BCUT2D eigenvalue weighted by Gasteiger charge is -2.26. The molecular weight excluding hydrogens is 228 g/mol. The Morgan fingerprint density at radius 1 is 1.56 bits per heavy atom. The summed E-state index contributed by atoms with van der Waals surface area (Å²) in [5, 5.41) is 9.47. The molecular formula is C11H13ClN2O2. The van der Waals surface area contributed by atoms with Gasteiger partial charge in [0.2, 0.25) is 0 Å². The minimum absolute atomic E-state index is 0.218. The van der Waals surface area contributed by atoms with Gasteiger partial charge in [0.15, 0.2) is 0 Å². The van der Waals surface area contributed by atoms with Crippen LogP contribution < -0.4 is 0 Å². The van der Waals surface area contributed by atoms with Crippen LogP contribution in [-0.2, 0) is 13.0 Å². The van der Waals surface area contributed by atoms with E-state index < -0.39 is 5.97 Å². The molecule has 1 aliphatic heterocycles. The third-order valence-electron chi connectivity index (χ3n) is 2.86. The molecule has 0 unspecified atom stereocenters. The summed E-state index contributed by atoms with van der Waals surface area (Å²) in [7, 11) is 1.96. The molecule has 1 N–H and O–H groups in total. The fourth-order valence-electron chi connectivity index (χ4n) is 2.02. The first-order chi connectivity index (χ1) is 7.50. The average Bonchev–Trinajstić information content (AvgIpc) is 2.20. The third-order valence-corrected chi connectivity index (χ3v) is 3.32. The first kappa shape index (κ1) is 11.4. The molecule has 5 heteroatoms. The molecule has 0 saturated carbocycles. The van der Waals surface area contributed by atoms with Crippen molar-refractivity contribution in [2.24, 2.45) is 0 Å². The molecule has 0 spiro atoms. The molecule has 86 valence electrons. The highest BCUT2D eigenvalue weighted by Crippen LogP contribution is 2.28. The van der Waals surface area contributed by atoms with Crippen molar-refractivity contribution >= 4 is 17.6 Å². The Kier molecular flexibility index (Phi) is 2.86. The van der Waals surface area contributed by atoms with Gasteiger partial charge in [-0.2, -0.15) is 0 Å². The zero-order valence-corrected chi connectivity index (χ0v) is 10.0. The molecule has 16 heavy (non-hydrogen) atoms. The number of aryl methyl sites for hydroxylation is 1. The highest BCUT2D eigenvalue weighted by atomic mass is 35.5. The van der Waals surface area contributed by atoms with Crippen molar-refractivity contribution in [3.8, 4) is 0 Å². The van der Waals surface area contributed by atoms with Crippen molar-refractivity contribution in [1.29, 1.82) is 0 Å². The number of rotatable bonds is 1. The maximum atomic E-state index is 11.2. The van der Waals surface area contributed by atoms with Gasteiger partial charge < -0.3 is 10.0 Å². The van der Waals surface area contributed by atoms with E-state index in [9.17, 15) is 9.90 Å². The summed E-state index contributed by atoms with van der Waals surface area (Å²) in [5.74, 6) is -0.970. The Balaban J connectivity index is 2.65. The zero-order valence-electron chi connectivity index (χ0n) is 9.25. The molecule has 0 aromatic carbocycles. The summed E-state index contributed by atoms with van der Waals surface area (Å²) < 4.78 is 0.